The molecule has 0 spiro atoms. The molecule has 1 fully saturated rings. The maximum atomic E-state index is 5.52. The van der Waals surface area contributed by atoms with Crippen molar-refractivity contribution in [1.29, 1.82) is 0 Å². The average Bonchev–Trinajstić information content (AvgIpc) is 2.21. The predicted molar refractivity (Wildman–Crippen MR) is 98.4 cm³/mol. The highest BCUT2D eigenvalue weighted by Gasteiger charge is 2.41. The van der Waals surface area contributed by atoms with E-state index in [1.165, 1.54) is 11.1 Å². The van der Waals surface area contributed by atoms with Gasteiger partial charge in [0.1, 0.15) is 0 Å². The maximum absolute atomic E-state index is 5.52. The van der Waals surface area contributed by atoms with Crippen LogP contribution in [0, 0.1) is 13.8 Å². The summed E-state index contributed by atoms with van der Waals surface area (Å²) in [4.78, 5) is 0. The van der Waals surface area contributed by atoms with E-state index >= 15 is 0 Å². The molecule has 1 saturated heterocycles. The number of hydrogen-bond donors (Lipinski definition) is 3. The highest BCUT2D eigenvalue weighted by atomic mass is 32.1. The zero-order valence-electron chi connectivity index (χ0n) is 14.7. The summed E-state index contributed by atoms with van der Waals surface area (Å²) in [6, 6.07) is 6.84. The predicted octanol–water partition coefficient (Wildman–Crippen LogP) is 2.87. The molecule has 0 saturated carbocycles. The van der Waals surface area contributed by atoms with Gasteiger partial charge in [0.05, 0.1) is 11.1 Å². The summed E-state index contributed by atoms with van der Waals surface area (Å²) in [7, 11) is 0. The summed E-state index contributed by atoms with van der Waals surface area (Å²) in [5.41, 5.74) is 4.06. The highest BCUT2D eigenvalue weighted by Crippen LogP contribution is 2.22. The second-order valence-electron chi connectivity index (χ2n) is 8.20. The number of hydrogen-bond acceptors (Lipinski definition) is 1. The molecule has 1 aromatic rings. The molecule has 2 rings (SSSR count). The van der Waals surface area contributed by atoms with E-state index in [0.29, 0.717) is 6.04 Å². The van der Waals surface area contributed by atoms with Crippen LogP contribution in [0.4, 0.5) is 5.69 Å². The fraction of sp³-hybridized carbons (Fsp3) is 0.611. The molecule has 4 heteroatoms. The van der Waals surface area contributed by atoms with Gasteiger partial charge in [-0.1, -0.05) is 6.07 Å². The van der Waals surface area contributed by atoms with Crippen LogP contribution in [0.3, 0.4) is 0 Å². The Labute approximate surface area is 140 Å². The second kappa shape index (κ2) is 6.17. The molecule has 0 unspecified atom stereocenters. The van der Waals surface area contributed by atoms with Crippen molar-refractivity contribution in [3.63, 3.8) is 0 Å². The summed E-state index contributed by atoms with van der Waals surface area (Å²) < 4.78 is 0. The molecule has 0 aliphatic carbocycles. The van der Waals surface area contributed by atoms with Gasteiger partial charge in [0.2, 0.25) is 0 Å². The first-order chi connectivity index (χ1) is 10.0. The van der Waals surface area contributed by atoms with E-state index in [4.69, 9.17) is 12.2 Å². The van der Waals surface area contributed by atoms with Crippen LogP contribution < -0.4 is 16.0 Å². The fourth-order valence-electron chi connectivity index (χ4n) is 4.02. The van der Waals surface area contributed by atoms with Crippen LogP contribution in [0.2, 0.25) is 0 Å². The largest absolute Gasteiger partial charge is 0.359 e. The lowest BCUT2D eigenvalue weighted by molar-refractivity contribution is -0.787. The zero-order valence-corrected chi connectivity index (χ0v) is 15.5. The summed E-state index contributed by atoms with van der Waals surface area (Å²) in [6.07, 6.45) is 2.23. The number of piperidine rings is 1. The standard InChI is InChI=1S/C18H29N3S/c1-12-7-13(2)9-14(8-12)19-16(22)20-15-10-17(3,4)21-18(5,6)11-15/h7-9,15,21H,10-11H2,1-6H3,(H2,19,20,22)/p+1. The van der Waals surface area contributed by atoms with Gasteiger partial charge in [0.15, 0.2) is 5.11 Å². The van der Waals surface area contributed by atoms with Crippen LogP contribution in [0.15, 0.2) is 18.2 Å². The van der Waals surface area contributed by atoms with E-state index < -0.39 is 0 Å². The summed E-state index contributed by atoms with van der Waals surface area (Å²) in [5, 5.41) is 10.1. The Morgan fingerprint density at radius 2 is 1.55 bits per heavy atom. The number of nitrogens with two attached hydrogens (primary N) is 1. The van der Waals surface area contributed by atoms with Crippen LogP contribution in [-0.4, -0.2) is 22.2 Å². The lowest BCUT2D eigenvalue weighted by atomic mass is 9.80. The number of thiocarbonyl (C=S) groups is 1. The van der Waals surface area contributed by atoms with Crippen molar-refractivity contribution in [2.75, 3.05) is 5.32 Å². The fourth-order valence-corrected chi connectivity index (χ4v) is 4.30. The molecule has 1 aliphatic rings. The summed E-state index contributed by atoms with van der Waals surface area (Å²) in [5.74, 6) is 0. The molecule has 4 N–H and O–H groups in total. The first kappa shape index (κ1) is 17.2. The lowest BCUT2D eigenvalue weighted by Crippen LogP contribution is -3.06. The Bertz CT molecular complexity index is 527. The van der Waals surface area contributed by atoms with Crippen LogP contribution in [0.1, 0.15) is 51.7 Å². The van der Waals surface area contributed by atoms with Gasteiger partial charge in [-0.25, -0.2) is 0 Å². The number of nitrogens with one attached hydrogen (secondary N) is 2. The second-order valence-corrected chi connectivity index (χ2v) is 8.61. The molecule has 1 aliphatic heterocycles. The van der Waals surface area contributed by atoms with Crippen molar-refractivity contribution in [3.05, 3.63) is 29.3 Å². The number of benzene rings is 1. The molecule has 22 heavy (non-hydrogen) atoms. The Hall–Kier alpha value is -1.13. The molecule has 0 aromatic heterocycles. The SMILES string of the molecule is Cc1cc(C)cc(NC(=S)NC2CC(C)(C)[NH2+]C(C)(C)C2)c1. The van der Waals surface area contributed by atoms with E-state index in [0.717, 1.165) is 23.6 Å². The van der Waals surface area contributed by atoms with E-state index in [-0.39, 0.29) is 11.1 Å². The minimum atomic E-state index is 0.245. The highest BCUT2D eigenvalue weighted by molar-refractivity contribution is 7.80. The third-order valence-electron chi connectivity index (χ3n) is 4.14. The third-order valence-corrected chi connectivity index (χ3v) is 4.36. The minimum Gasteiger partial charge on any atom is -0.359 e. The topological polar surface area (TPSA) is 40.7 Å². The molecule has 1 aromatic carbocycles. The smallest absolute Gasteiger partial charge is 0.171 e. The van der Waals surface area contributed by atoms with Crippen molar-refractivity contribution < 1.29 is 5.32 Å². The Morgan fingerprint density at radius 3 is 2.05 bits per heavy atom. The number of anilines is 1. The van der Waals surface area contributed by atoms with Gasteiger partial charge in [-0.15, -0.1) is 0 Å². The molecule has 3 nitrogen and oxygen atoms in total. The monoisotopic (exact) mass is 320 g/mol. The number of rotatable bonds is 2. The van der Waals surface area contributed by atoms with Crippen LogP contribution in [-0.2, 0) is 0 Å². The van der Waals surface area contributed by atoms with Crippen molar-refractivity contribution in [1.82, 2.24) is 5.32 Å². The third kappa shape index (κ3) is 4.96. The lowest BCUT2D eigenvalue weighted by Gasteiger charge is -2.43. The van der Waals surface area contributed by atoms with Gasteiger partial charge in [-0.2, -0.15) is 0 Å². The molecule has 0 atom stereocenters. The van der Waals surface area contributed by atoms with Gasteiger partial charge in [-0.3, -0.25) is 0 Å². The Kier molecular flexibility index (Phi) is 4.83. The minimum absolute atomic E-state index is 0.245. The van der Waals surface area contributed by atoms with Crippen LogP contribution in [0.5, 0.6) is 0 Å². The van der Waals surface area contributed by atoms with Gasteiger partial charge >= 0.3 is 0 Å². The average molecular weight is 321 g/mol. The van der Waals surface area contributed by atoms with E-state index in [1.807, 2.05) is 0 Å². The van der Waals surface area contributed by atoms with Crippen molar-refractivity contribution in [2.24, 2.45) is 0 Å². The normalized spacial score (nSPS) is 20.5. The van der Waals surface area contributed by atoms with Crippen LogP contribution >= 0.6 is 12.2 Å². The number of quaternary nitrogens is 1. The molecule has 1 heterocycles. The van der Waals surface area contributed by atoms with Gasteiger partial charge in [-0.05, 0) is 77.0 Å². The first-order valence-corrected chi connectivity index (χ1v) is 8.48. The maximum Gasteiger partial charge on any atom is 0.171 e. The van der Waals surface area contributed by atoms with Gasteiger partial charge in [0.25, 0.3) is 0 Å². The molecule has 0 radical (unpaired) electrons. The molecule has 0 bridgehead atoms. The molecule has 0 amide bonds. The quantitative estimate of drug-likeness (QED) is 0.734. The van der Waals surface area contributed by atoms with Crippen LogP contribution in [0.25, 0.3) is 0 Å². The van der Waals surface area contributed by atoms with Crippen molar-refractivity contribution in [2.45, 2.75) is 71.5 Å². The zero-order chi connectivity index (χ0) is 16.5. The van der Waals surface area contributed by atoms with E-state index in [2.05, 4.69) is 75.7 Å². The first-order valence-electron chi connectivity index (χ1n) is 8.08. The van der Waals surface area contributed by atoms with Crippen molar-refractivity contribution >= 4 is 23.0 Å². The number of aryl methyl sites for hydroxylation is 2. The summed E-state index contributed by atoms with van der Waals surface area (Å²) in [6.45, 7) is 13.4. The Balaban J connectivity index is 1.99. The molecule has 122 valence electrons. The van der Waals surface area contributed by atoms with E-state index in [9.17, 15) is 0 Å². The summed E-state index contributed by atoms with van der Waals surface area (Å²) >= 11 is 5.52. The molecular formula is C18H30N3S+. The van der Waals surface area contributed by atoms with Gasteiger partial charge < -0.3 is 16.0 Å². The van der Waals surface area contributed by atoms with E-state index in [1.54, 1.807) is 0 Å². The Morgan fingerprint density at radius 1 is 1.05 bits per heavy atom. The molecular weight excluding hydrogens is 290 g/mol. The van der Waals surface area contributed by atoms with Gasteiger partial charge in [0, 0.05) is 24.6 Å². The van der Waals surface area contributed by atoms with Crippen molar-refractivity contribution in [3.8, 4) is 0 Å².